The van der Waals surface area contributed by atoms with Gasteiger partial charge in [-0.25, -0.2) is 32.8 Å². The monoisotopic (exact) mass is 2070 g/mol. The van der Waals surface area contributed by atoms with Crippen LogP contribution in [0.3, 0.4) is 0 Å². The lowest BCUT2D eigenvalue weighted by Gasteiger charge is -2.50. The summed E-state index contributed by atoms with van der Waals surface area (Å²) in [7, 11) is 0. The fraction of sp³-hybridized carbons (Fsp3) is 0.846. The van der Waals surface area contributed by atoms with Crippen LogP contribution >= 0.6 is 0 Å². The Morgan fingerprint density at radius 1 is 0.184 bits per heavy atom. The molecule has 7 aromatic rings. The Kier molecular flexibility index (Phi) is 32.9. The number of nitrogens with one attached hydrogen (secondary N) is 7. The van der Waals surface area contributed by atoms with Gasteiger partial charge in [-0.3, -0.25) is 0 Å². The summed E-state index contributed by atoms with van der Waals surface area (Å²) in [6.45, 7) is 4.58. The lowest BCUT2D eigenvalue weighted by Crippen LogP contribution is -2.68. The molecule has 56 nitrogen and oxygen atoms in total. The van der Waals surface area contributed by atoms with Crippen LogP contribution in [-0.2, 0) is 158 Å². The number of nitrogens with zero attached hydrogens (tertiary/aromatic N) is 21. The van der Waals surface area contributed by atoms with E-state index in [0.29, 0.717) is 127 Å². The molecule has 0 radical (unpaired) electrons. The molecule has 35 atom stereocenters. The first-order chi connectivity index (χ1) is 71.4. The van der Waals surface area contributed by atoms with Crippen LogP contribution in [0.15, 0.2) is 43.4 Å². The number of aliphatic hydroxyl groups excluding tert-OH is 14. The average Bonchev–Trinajstić information content (AvgIpc) is 1.70. The Morgan fingerprint density at radius 2 is 0.306 bits per heavy atom. The van der Waals surface area contributed by atoms with Crippen molar-refractivity contribution in [1.82, 2.24) is 142 Å². The molecule has 21 saturated heterocycles. The van der Waals surface area contributed by atoms with Crippen molar-refractivity contribution in [2.75, 3.05) is 45.8 Å². The van der Waals surface area contributed by atoms with Crippen molar-refractivity contribution < 1.29 is 138 Å². The summed E-state index contributed by atoms with van der Waals surface area (Å²) in [5, 5.41) is 266. The first-order valence-corrected chi connectivity index (χ1v) is 52.3. The maximum Gasteiger partial charge on any atom is 0.187 e. The van der Waals surface area contributed by atoms with E-state index in [-0.39, 0.29) is 45.8 Å². The van der Waals surface area contributed by atoms with Gasteiger partial charge in [0, 0.05) is 89.2 Å². The summed E-state index contributed by atoms with van der Waals surface area (Å²) in [5.74, 6) is 3.54. The smallest absolute Gasteiger partial charge is 0.187 e. The van der Waals surface area contributed by atoms with Gasteiger partial charge in [0.25, 0.3) is 0 Å². The van der Waals surface area contributed by atoms with Crippen LogP contribution in [0.4, 0.5) is 0 Å². The standard InChI is InChI=1S/C91H140N28O28/c120-64-71(127)85-134-57(36-113-29-50(99-106-113)22-92-15-43-1-2-43)78(64)141-86-72(128)65(121)80(59(135-86)38-115-31-52(101-108-115)24-94-17-45-5-6-45)143-88-74(130)67(123)82(61(137-88)40-117-33-54(103-110-117)26-96-19-47-9-10-47)145-90-76(132)69(125)84(63(139-90)42-119-35-56(105-112-119)28-98-21-49-13-14-49)147-91-77(133)70(126)83(62(140-91)41-118-34-55(104-111-118)27-97-20-48-11-12-48)146-89-75(131)68(124)81(60(138-89)39-116-32-53(102-109-116)25-95-18-46-7-8-46)144-87-73(129)66(122)79(142-85)58(136-87)37-114-30-51(100-107-114)23-93-16-44-3-4-44/h29-35,43-49,57-98,120-133H,1-28,36-42H2/t57-,58-,59-,60-,61-,62-,63-,64-,65-,66-,67-,68-,69-,70-,71-,72-,73-,74-,75-,76-,77-,78-,79-,80-,81-,82-,83-,84-,85-,86-,87-,88-,89-,90-,91-/m1/s1. The molecule has 7 aromatic heterocycles. The maximum absolute atomic E-state index is 13.0. The SMILES string of the molecule is O[C@@H]1[C@@H](O)[C@H]2O[C@H]3[C@H](O)[C@@H](O)[C@@H](O[C@H]4[C@H](O)[C@@H](O)[C@@H](O[C@H]5[C@H](O)[C@@H](O)[C@@H](O[C@H]6[C@H](O)[C@@H](O)[C@@H](O[C@H]7[C@H](O)[C@@H](O)[C@@H](O[C@H]8[C@H](O)[C@@H](O)[C@@H](O[C@@H]1[C@@H](Cn1cc(CNCC9CC9)nn1)O2)O[C@@H]8Cn1cc(CNCC2CC2)nn1)O[C@@H]7Cn1cc(CNCC2CC2)nn1)O[C@@H]6Cn1cc(CNCC2CC2)nn1)O[C@@H]5Cn1cc(CNCC2CC2)nn1)O[C@@H]4Cn1cc(CNCC2CC2)nn1)O[C@@H]3Cn1cc(CNCC2CC2)nn1. The van der Waals surface area contributed by atoms with Crippen LogP contribution in [0.25, 0.3) is 0 Å². The van der Waals surface area contributed by atoms with Gasteiger partial charge in [-0.15, -0.1) is 35.7 Å². The summed E-state index contributed by atoms with van der Waals surface area (Å²) in [4.78, 5) is 0. The lowest BCUT2D eigenvalue weighted by atomic mass is 9.94. The van der Waals surface area contributed by atoms with E-state index in [0.717, 1.165) is 136 Å². The molecular weight excluding hydrogens is 1930 g/mol. The topological polar surface area (TPSA) is 712 Å². The van der Waals surface area contributed by atoms with Gasteiger partial charge in [0.1, 0.15) is 171 Å². The minimum Gasteiger partial charge on any atom is -0.387 e. The Balaban J connectivity index is 0.625. The molecule has 812 valence electrons. The quantitative estimate of drug-likeness (QED) is 0.0169. The molecule has 28 fully saturated rings. The normalized spacial score (nSPS) is 38.3. The van der Waals surface area contributed by atoms with Crippen LogP contribution in [0.2, 0.25) is 0 Å². The summed E-state index contributed by atoms with van der Waals surface area (Å²) in [6, 6.07) is 0. The van der Waals surface area contributed by atoms with Crippen molar-refractivity contribution in [1.29, 1.82) is 0 Å². The number of ether oxygens (including phenoxy) is 14. The molecule has 14 bridgehead atoms. The number of aromatic nitrogens is 21. The Hall–Kier alpha value is -7.42. The fourth-order valence-electron chi connectivity index (χ4n) is 20.4. The molecule has 56 heteroatoms. The van der Waals surface area contributed by atoms with Gasteiger partial charge >= 0.3 is 0 Å². The van der Waals surface area contributed by atoms with Crippen molar-refractivity contribution in [3.8, 4) is 0 Å². The number of aliphatic hydroxyl groups is 14. The van der Waals surface area contributed by atoms with Crippen LogP contribution < -0.4 is 37.2 Å². The third-order valence-corrected chi connectivity index (χ3v) is 30.2. The van der Waals surface area contributed by atoms with Crippen molar-refractivity contribution in [3.05, 3.63) is 83.2 Å². The molecule has 0 aromatic carbocycles. The van der Waals surface area contributed by atoms with Crippen molar-refractivity contribution in [3.63, 3.8) is 0 Å². The predicted octanol–water partition coefficient (Wildman–Crippen LogP) is -9.64. The number of hydrogen-bond acceptors (Lipinski definition) is 49. The molecule has 21 aliphatic heterocycles. The van der Waals surface area contributed by atoms with E-state index >= 15 is 0 Å². The third-order valence-electron chi connectivity index (χ3n) is 30.2. The second kappa shape index (κ2) is 46.5. The van der Waals surface area contributed by atoms with Gasteiger partial charge in [0.05, 0.1) is 85.7 Å². The third kappa shape index (κ3) is 26.1. The summed E-state index contributed by atoms with van der Waals surface area (Å²) < 4.78 is 104. The Bertz CT molecular complexity index is 4430. The summed E-state index contributed by atoms with van der Waals surface area (Å²) in [5.41, 5.74) is 3.49. The molecule has 7 aliphatic carbocycles. The van der Waals surface area contributed by atoms with Crippen LogP contribution in [0, 0.1) is 41.4 Å². The molecule has 0 unspecified atom stereocenters. The largest absolute Gasteiger partial charge is 0.387 e. The Morgan fingerprint density at radius 3 is 0.422 bits per heavy atom. The second-order valence-electron chi connectivity index (χ2n) is 42.9. The highest BCUT2D eigenvalue weighted by molar-refractivity contribution is 5.08. The van der Waals surface area contributed by atoms with Gasteiger partial charge in [0.15, 0.2) is 44.0 Å². The highest BCUT2D eigenvalue weighted by Crippen LogP contribution is 2.43. The zero-order chi connectivity index (χ0) is 101. The van der Waals surface area contributed by atoms with E-state index in [1.807, 2.05) is 0 Å². The molecule has 0 spiro atoms. The molecule has 35 rings (SSSR count). The summed E-state index contributed by atoms with van der Waals surface area (Å²) >= 11 is 0. The van der Waals surface area contributed by atoms with E-state index in [4.69, 9.17) is 66.3 Å². The fourth-order valence-corrected chi connectivity index (χ4v) is 20.4. The van der Waals surface area contributed by atoms with E-state index in [9.17, 15) is 71.5 Å². The zero-order valence-corrected chi connectivity index (χ0v) is 81.4. The minimum atomic E-state index is -2.20. The van der Waals surface area contributed by atoms with Crippen molar-refractivity contribution in [2.45, 2.75) is 396 Å². The number of hydrogen-bond donors (Lipinski definition) is 21. The van der Waals surface area contributed by atoms with Gasteiger partial charge in [-0.05, 0) is 177 Å². The molecule has 28 heterocycles. The first kappa shape index (κ1) is 104. The average molecular weight is 2070 g/mol. The van der Waals surface area contributed by atoms with E-state index in [2.05, 4.69) is 109 Å². The van der Waals surface area contributed by atoms with Crippen LogP contribution in [0.1, 0.15) is 130 Å². The lowest BCUT2D eigenvalue weighted by molar-refractivity contribution is -0.395. The van der Waals surface area contributed by atoms with E-state index in [1.54, 1.807) is 43.4 Å². The highest BCUT2D eigenvalue weighted by atomic mass is 16.8. The van der Waals surface area contributed by atoms with Crippen molar-refractivity contribution in [2.24, 2.45) is 41.4 Å². The number of rotatable bonds is 42. The molecule has 0 amide bonds. The molecule has 21 N–H and O–H groups in total. The van der Waals surface area contributed by atoms with Gasteiger partial charge in [-0.1, -0.05) is 36.5 Å². The first-order valence-electron chi connectivity index (χ1n) is 52.3. The van der Waals surface area contributed by atoms with E-state index in [1.165, 1.54) is 32.8 Å². The van der Waals surface area contributed by atoms with Gasteiger partial charge in [-0.2, -0.15) is 0 Å². The highest BCUT2D eigenvalue weighted by Gasteiger charge is 2.61. The molecule has 28 aliphatic rings. The zero-order valence-electron chi connectivity index (χ0n) is 81.4. The van der Waals surface area contributed by atoms with Gasteiger partial charge < -0.3 is 175 Å². The molecule has 147 heavy (non-hydrogen) atoms. The summed E-state index contributed by atoms with van der Waals surface area (Å²) in [6.07, 6.45) is -41.7. The van der Waals surface area contributed by atoms with Crippen LogP contribution in [0.5, 0.6) is 0 Å². The predicted molar refractivity (Wildman–Crippen MR) is 490 cm³/mol. The maximum atomic E-state index is 13.0. The minimum absolute atomic E-state index is 0.302. The van der Waals surface area contributed by atoms with Gasteiger partial charge in [0.2, 0.25) is 0 Å². The second-order valence-corrected chi connectivity index (χ2v) is 42.9. The molecule has 7 saturated carbocycles. The Labute approximate surface area is 843 Å². The van der Waals surface area contributed by atoms with Crippen molar-refractivity contribution >= 4 is 0 Å². The van der Waals surface area contributed by atoms with Crippen LogP contribution in [-0.4, -0.2) is 437 Å². The van der Waals surface area contributed by atoms with E-state index < -0.39 is 215 Å². The molecular formula is C91H140N28O28.